The molecule has 0 aliphatic rings. The summed E-state index contributed by atoms with van der Waals surface area (Å²) < 4.78 is 40.4. The van der Waals surface area contributed by atoms with E-state index in [2.05, 4.69) is 0 Å². The zero-order valence-corrected chi connectivity index (χ0v) is 14.4. The number of sulfonamides is 1. The van der Waals surface area contributed by atoms with E-state index in [0.29, 0.717) is 10.8 Å². The monoisotopic (exact) mass is 354 g/mol. The number of rotatable bonds is 6. The minimum atomic E-state index is -4.23. The summed E-state index contributed by atoms with van der Waals surface area (Å²) in [4.78, 5) is 12.9. The van der Waals surface area contributed by atoms with Crippen molar-refractivity contribution in [2.24, 2.45) is 0 Å². The van der Waals surface area contributed by atoms with Crippen LogP contribution in [0.3, 0.4) is 0 Å². The topological polar surface area (TPSA) is 86.7 Å². The minimum absolute atomic E-state index is 0.0929. The van der Waals surface area contributed by atoms with E-state index in [4.69, 9.17) is 5.11 Å². The molecular formula is C16H19FN2O4S. The molecule has 0 saturated heterocycles. The number of carboxylic acid groups (broad SMARTS) is 1. The van der Waals surface area contributed by atoms with Gasteiger partial charge in [0.2, 0.25) is 10.0 Å². The van der Waals surface area contributed by atoms with Crippen LogP contribution in [0.1, 0.15) is 6.92 Å². The molecule has 24 heavy (non-hydrogen) atoms. The molecule has 130 valence electrons. The first-order valence-corrected chi connectivity index (χ1v) is 8.63. The first kappa shape index (κ1) is 18.2. The molecule has 1 atom stereocenters. The molecule has 2 aromatic rings. The van der Waals surface area contributed by atoms with E-state index < -0.39 is 28.2 Å². The summed E-state index contributed by atoms with van der Waals surface area (Å²) in [5.74, 6) is -1.58. The third-order valence-electron chi connectivity index (χ3n) is 3.73. The van der Waals surface area contributed by atoms with E-state index >= 15 is 0 Å². The number of benzene rings is 2. The van der Waals surface area contributed by atoms with Crippen molar-refractivity contribution < 1.29 is 22.7 Å². The van der Waals surface area contributed by atoms with Crippen molar-refractivity contribution in [3.05, 3.63) is 36.4 Å². The molecule has 0 saturated carbocycles. The highest BCUT2D eigenvalue weighted by atomic mass is 32.2. The number of nitrogens with zero attached hydrogens (tertiary/aromatic N) is 1. The van der Waals surface area contributed by atoms with Crippen LogP contribution in [0.2, 0.25) is 0 Å². The van der Waals surface area contributed by atoms with Crippen LogP contribution in [0.25, 0.3) is 10.8 Å². The van der Waals surface area contributed by atoms with E-state index in [1.165, 1.54) is 6.07 Å². The Hall–Kier alpha value is -2.19. The lowest BCUT2D eigenvalue weighted by atomic mass is 10.1. The fourth-order valence-corrected chi connectivity index (χ4v) is 3.94. The van der Waals surface area contributed by atoms with Gasteiger partial charge >= 0.3 is 5.97 Å². The van der Waals surface area contributed by atoms with E-state index in [1.807, 2.05) is 29.8 Å². The second-order valence-electron chi connectivity index (χ2n) is 5.90. The quantitative estimate of drug-likeness (QED) is 0.829. The fraction of sp³-hybridized carbons (Fsp3) is 0.312. The van der Waals surface area contributed by atoms with Crippen LogP contribution >= 0.6 is 0 Å². The Kier molecular flexibility index (Phi) is 4.82. The number of fused-ring (bicyclic) bond motifs is 1. The Morgan fingerprint density at radius 2 is 1.79 bits per heavy atom. The lowest BCUT2D eigenvalue weighted by Crippen LogP contribution is -2.53. The normalized spacial score (nSPS) is 14.3. The van der Waals surface area contributed by atoms with Gasteiger partial charge in [0.05, 0.1) is 4.90 Å². The third-order valence-corrected chi connectivity index (χ3v) is 5.38. The molecule has 2 rings (SSSR count). The van der Waals surface area contributed by atoms with E-state index in [9.17, 15) is 17.6 Å². The van der Waals surface area contributed by atoms with Crippen molar-refractivity contribution in [3.8, 4) is 0 Å². The van der Waals surface area contributed by atoms with Crippen LogP contribution in [0, 0.1) is 0 Å². The maximum atomic E-state index is 13.1. The van der Waals surface area contributed by atoms with Gasteiger partial charge in [-0.05, 0) is 19.1 Å². The van der Waals surface area contributed by atoms with Crippen molar-refractivity contribution in [1.82, 2.24) is 4.72 Å². The second kappa shape index (κ2) is 6.37. The maximum absolute atomic E-state index is 13.1. The molecule has 0 spiro atoms. The average Bonchev–Trinajstić information content (AvgIpc) is 2.52. The standard InChI is InChI=1S/C16H19FN2O4S/c1-16(10-17,15(20)21)18-24(22,23)14-9-5-6-11-12(14)7-4-8-13(11)19(2)3/h4-9,18H,10H2,1-3H3,(H,20,21). The van der Waals surface area contributed by atoms with Crippen LogP contribution in [-0.2, 0) is 14.8 Å². The Morgan fingerprint density at radius 3 is 2.33 bits per heavy atom. The zero-order valence-electron chi connectivity index (χ0n) is 13.6. The number of hydrogen-bond donors (Lipinski definition) is 2. The Bertz CT molecular complexity index is 883. The Morgan fingerprint density at radius 1 is 1.21 bits per heavy atom. The highest BCUT2D eigenvalue weighted by Gasteiger charge is 2.38. The first-order valence-electron chi connectivity index (χ1n) is 7.15. The van der Waals surface area contributed by atoms with Crippen molar-refractivity contribution in [1.29, 1.82) is 0 Å². The van der Waals surface area contributed by atoms with Gasteiger partial charge in [-0.25, -0.2) is 12.8 Å². The van der Waals surface area contributed by atoms with Crippen molar-refractivity contribution in [2.75, 3.05) is 25.7 Å². The number of anilines is 1. The van der Waals surface area contributed by atoms with Gasteiger partial charge in [-0.1, -0.05) is 24.3 Å². The largest absolute Gasteiger partial charge is 0.480 e. The molecule has 0 amide bonds. The van der Waals surface area contributed by atoms with Crippen molar-refractivity contribution in [3.63, 3.8) is 0 Å². The maximum Gasteiger partial charge on any atom is 0.327 e. The number of nitrogens with one attached hydrogen (secondary N) is 1. The predicted molar refractivity (Wildman–Crippen MR) is 90.6 cm³/mol. The van der Waals surface area contributed by atoms with Crippen LogP contribution in [0.5, 0.6) is 0 Å². The van der Waals surface area contributed by atoms with Crippen molar-refractivity contribution >= 4 is 32.5 Å². The van der Waals surface area contributed by atoms with Crippen LogP contribution in [0.4, 0.5) is 10.1 Å². The van der Waals surface area contributed by atoms with Gasteiger partial charge in [0, 0.05) is 30.6 Å². The molecule has 0 aliphatic heterocycles. The first-order chi connectivity index (χ1) is 11.1. The molecule has 0 aromatic heterocycles. The number of carboxylic acids is 1. The van der Waals surface area contributed by atoms with E-state index in [0.717, 1.165) is 12.6 Å². The van der Waals surface area contributed by atoms with Gasteiger partial charge in [0.25, 0.3) is 0 Å². The van der Waals surface area contributed by atoms with Crippen LogP contribution < -0.4 is 9.62 Å². The highest BCUT2D eigenvalue weighted by Crippen LogP contribution is 2.30. The van der Waals surface area contributed by atoms with Crippen LogP contribution in [-0.4, -0.2) is 45.8 Å². The summed E-state index contributed by atoms with van der Waals surface area (Å²) >= 11 is 0. The molecule has 2 N–H and O–H groups in total. The summed E-state index contributed by atoms with van der Waals surface area (Å²) in [6, 6.07) is 9.89. The number of aliphatic carboxylic acids is 1. The molecule has 2 aromatic carbocycles. The Balaban J connectivity index is 2.64. The van der Waals surface area contributed by atoms with E-state index in [1.54, 1.807) is 24.3 Å². The van der Waals surface area contributed by atoms with Gasteiger partial charge in [0.1, 0.15) is 6.67 Å². The molecule has 0 heterocycles. The van der Waals surface area contributed by atoms with Gasteiger partial charge in [-0.2, -0.15) is 4.72 Å². The lowest BCUT2D eigenvalue weighted by Gasteiger charge is -2.23. The fourth-order valence-electron chi connectivity index (χ4n) is 2.37. The van der Waals surface area contributed by atoms with Gasteiger partial charge in [-0.15, -0.1) is 0 Å². The van der Waals surface area contributed by atoms with Gasteiger partial charge in [0.15, 0.2) is 5.54 Å². The third kappa shape index (κ3) is 3.20. The summed E-state index contributed by atoms with van der Waals surface area (Å²) in [6.45, 7) is -0.376. The molecular weight excluding hydrogens is 335 g/mol. The molecule has 0 bridgehead atoms. The summed E-state index contributed by atoms with van der Waals surface area (Å²) in [5.41, 5.74) is -1.41. The predicted octanol–water partition coefficient (Wildman–Crippen LogP) is 2.00. The molecule has 1 unspecified atom stereocenters. The Labute approximate surface area is 139 Å². The number of hydrogen-bond acceptors (Lipinski definition) is 4. The average molecular weight is 354 g/mol. The lowest BCUT2D eigenvalue weighted by molar-refractivity contribution is -0.143. The van der Waals surface area contributed by atoms with Crippen molar-refractivity contribution in [2.45, 2.75) is 17.4 Å². The summed E-state index contributed by atoms with van der Waals surface area (Å²) in [7, 11) is -0.569. The van der Waals surface area contributed by atoms with Crippen LogP contribution in [0.15, 0.2) is 41.3 Å². The van der Waals surface area contributed by atoms with E-state index in [-0.39, 0.29) is 4.90 Å². The highest BCUT2D eigenvalue weighted by molar-refractivity contribution is 7.89. The van der Waals surface area contributed by atoms with Gasteiger partial charge in [-0.3, -0.25) is 4.79 Å². The smallest absolute Gasteiger partial charge is 0.327 e. The SMILES string of the molecule is CN(C)c1cccc2c(S(=O)(=O)NC(C)(CF)C(=O)O)cccc12. The summed E-state index contributed by atoms with van der Waals surface area (Å²) in [5, 5.41) is 10.2. The summed E-state index contributed by atoms with van der Waals surface area (Å²) in [6.07, 6.45) is 0. The minimum Gasteiger partial charge on any atom is -0.480 e. The molecule has 0 aliphatic carbocycles. The number of carbonyl (C=O) groups is 1. The number of alkyl halides is 1. The van der Waals surface area contributed by atoms with Gasteiger partial charge < -0.3 is 10.0 Å². The second-order valence-corrected chi connectivity index (χ2v) is 7.55. The molecule has 6 nitrogen and oxygen atoms in total. The molecule has 0 fully saturated rings. The molecule has 0 radical (unpaired) electrons. The number of halogens is 1. The molecule has 8 heteroatoms. The zero-order chi connectivity index (χ0) is 18.1.